The van der Waals surface area contributed by atoms with Gasteiger partial charge in [0.25, 0.3) is 5.56 Å². The van der Waals surface area contributed by atoms with E-state index >= 15 is 0 Å². The third-order valence-electron chi connectivity index (χ3n) is 3.23. The first kappa shape index (κ1) is 16.8. The van der Waals surface area contributed by atoms with Crippen LogP contribution < -0.4 is 11.3 Å². The summed E-state index contributed by atoms with van der Waals surface area (Å²) in [6.07, 6.45) is 0. The lowest BCUT2D eigenvalue weighted by molar-refractivity contribution is -0.115. The summed E-state index contributed by atoms with van der Waals surface area (Å²) in [5, 5.41) is 1.82. The minimum Gasteiger partial charge on any atom is -0.369 e. The van der Waals surface area contributed by atoms with Gasteiger partial charge >= 0.3 is 0 Å². The average Bonchev–Trinajstić information content (AvgIpc) is 2.54. The van der Waals surface area contributed by atoms with E-state index in [2.05, 4.69) is 4.98 Å². The molecule has 0 spiro atoms. The third kappa shape index (κ3) is 3.40. The number of hydrogen-bond acceptors (Lipinski definition) is 4. The molecule has 0 radical (unpaired) electrons. The topological polar surface area (TPSA) is 78.0 Å². The molecule has 0 fully saturated rings. The van der Waals surface area contributed by atoms with Crippen LogP contribution in [0.25, 0.3) is 16.6 Å². The maximum atomic E-state index is 12.9. The number of halogens is 2. The molecule has 0 unspecified atom stereocenters. The second-order valence-corrected chi connectivity index (χ2v) is 6.74. The second-order valence-electron chi connectivity index (χ2n) is 4.93. The molecule has 0 aliphatic rings. The summed E-state index contributed by atoms with van der Waals surface area (Å²) >= 11 is 13.0. The molecule has 0 bridgehead atoms. The van der Waals surface area contributed by atoms with Gasteiger partial charge in [-0.05, 0) is 42.5 Å². The molecule has 1 amide bonds. The predicted octanol–water partition coefficient (Wildman–Crippen LogP) is 3.27. The van der Waals surface area contributed by atoms with Gasteiger partial charge in [-0.2, -0.15) is 0 Å². The number of amides is 1. The lowest BCUT2D eigenvalue weighted by Gasteiger charge is -2.13. The summed E-state index contributed by atoms with van der Waals surface area (Å²) < 4.78 is 1.43. The van der Waals surface area contributed by atoms with Crippen LogP contribution in [0.5, 0.6) is 0 Å². The molecule has 0 saturated carbocycles. The molecule has 0 aliphatic carbocycles. The monoisotopic (exact) mass is 379 g/mol. The van der Waals surface area contributed by atoms with E-state index in [1.807, 2.05) is 0 Å². The second kappa shape index (κ2) is 6.84. The molecule has 24 heavy (non-hydrogen) atoms. The number of benzene rings is 2. The van der Waals surface area contributed by atoms with E-state index in [0.717, 1.165) is 11.8 Å². The normalized spacial score (nSPS) is 10.9. The minimum absolute atomic E-state index is 0.00605. The number of primary amides is 1. The first-order valence-corrected chi connectivity index (χ1v) is 8.59. The Morgan fingerprint density at radius 2 is 1.79 bits per heavy atom. The Labute approximate surface area is 151 Å². The van der Waals surface area contributed by atoms with Crippen LogP contribution in [0.2, 0.25) is 10.0 Å². The van der Waals surface area contributed by atoms with Gasteiger partial charge in [0, 0.05) is 10.0 Å². The Kier molecular flexibility index (Phi) is 4.80. The Hall–Kier alpha value is -2.02. The molecule has 1 aromatic heterocycles. The van der Waals surface area contributed by atoms with Crippen molar-refractivity contribution in [1.82, 2.24) is 9.55 Å². The van der Waals surface area contributed by atoms with Crippen molar-refractivity contribution in [3.63, 3.8) is 0 Å². The van der Waals surface area contributed by atoms with Crippen molar-refractivity contribution >= 4 is 51.8 Å². The highest BCUT2D eigenvalue weighted by atomic mass is 35.5. The molecule has 0 saturated heterocycles. The highest BCUT2D eigenvalue weighted by Gasteiger charge is 2.14. The maximum absolute atomic E-state index is 12.9. The van der Waals surface area contributed by atoms with Gasteiger partial charge in [-0.3, -0.25) is 14.2 Å². The van der Waals surface area contributed by atoms with E-state index in [4.69, 9.17) is 28.9 Å². The van der Waals surface area contributed by atoms with E-state index in [1.165, 1.54) is 4.57 Å². The van der Waals surface area contributed by atoms with Crippen LogP contribution in [0.15, 0.2) is 52.4 Å². The van der Waals surface area contributed by atoms with Crippen molar-refractivity contribution in [1.29, 1.82) is 0 Å². The van der Waals surface area contributed by atoms with E-state index in [9.17, 15) is 9.59 Å². The zero-order chi connectivity index (χ0) is 17.3. The van der Waals surface area contributed by atoms with Gasteiger partial charge in [-0.1, -0.05) is 35.0 Å². The number of nitrogens with zero attached hydrogens (tertiary/aromatic N) is 2. The molecule has 3 rings (SSSR count). The number of carbonyl (C=O) groups excluding carboxylic acids is 1. The minimum atomic E-state index is -0.497. The molecule has 2 aromatic carbocycles. The summed E-state index contributed by atoms with van der Waals surface area (Å²) in [5.74, 6) is -0.491. The summed E-state index contributed by atoms with van der Waals surface area (Å²) in [6.45, 7) is 0. The Bertz CT molecular complexity index is 987. The fourth-order valence-corrected chi connectivity index (χ4v) is 3.23. The number of nitrogens with two attached hydrogens (primary N) is 1. The third-order valence-corrected chi connectivity index (χ3v) is 4.68. The number of fused-ring (bicyclic) bond motifs is 1. The van der Waals surface area contributed by atoms with Crippen LogP contribution in [0.4, 0.5) is 0 Å². The zero-order valence-electron chi connectivity index (χ0n) is 12.2. The highest BCUT2D eigenvalue weighted by Crippen LogP contribution is 2.23. The molecular formula is C16H11Cl2N3O2S. The number of hydrogen-bond donors (Lipinski definition) is 1. The molecule has 5 nitrogen and oxygen atoms in total. The summed E-state index contributed by atoms with van der Waals surface area (Å²) in [7, 11) is 0. The lowest BCUT2D eigenvalue weighted by Crippen LogP contribution is -2.23. The van der Waals surface area contributed by atoms with E-state index in [1.54, 1.807) is 42.5 Å². The van der Waals surface area contributed by atoms with E-state index in [-0.39, 0.29) is 11.3 Å². The Morgan fingerprint density at radius 3 is 2.46 bits per heavy atom. The SMILES string of the molecule is NC(=O)CSc1nc2cc(Cl)ccc2c(=O)n1-c1ccc(Cl)cc1. The van der Waals surface area contributed by atoms with Crippen LogP contribution in [0, 0.1) is 0 Å². The van der Waals surface area contributed by atoms with Gasteiger partial charge in [0.2, 0.25) is 5.91 Å². The largest absolute Gasteiger partial charge is 0.369 e. The number of rotatable bonds is 4. The zero-order valence-corrected chi connectivity index (χ0v) is 14.5. The summed E-state index contributed by atoms with van der Waals surface area (Å²) in [4.78, 5) is 28.5. The number of aromatic nitrogens is 2. The van der Waals surface area contributed by atoms with Crippen LogP contribution in [-0.4, -0.2) is 21.2 Å². The quantitative estimate of drug-likeness (QED) is 0.557. The molecule has 0 atom stereocenters. The van der Waals surface area contributed by atoms with E-state index < -0.39 is 5.91 Å². The van der Waals surface area contributed by atoms with Crippen molar-refractivity contribution in [2.75, 3.05) is 5.75 Å². The highest BCUT2D eigenvalue weighted by molar-refractivity contribution is 7.99. The molecule has 8 heteroatoms. The standard InChI is InChI=1S/C16H11Cl2N3O2S/c17-9-1-4-11(5-2-9)21-15(23)12-6-3-10(18)7-13(12)20-16(21)24-8-14(19)22/h1-7H,8H2,(H2,19,22). The van der Waals surface area contributed by atoms with Crippen LogP contribution in [0.1, 0.15) is 0 Å². The van der Waals surface area contributed by atoms with Crippen LogP contribution >= 0.6 is 35.0 Å². The smallest absolute Gasteiger partial charge is 0.266 e. The molecule has 0 aliphatic heterocycles. The van der Waals surface area contributed by atoms with Crippen LogP contribution in [0.3, 0.4) is 0 Å². The van der Waals surface area contributed by atoms with Gasteiger partial charge in [-0.25, -0.2) is 4.98 Å². The van der Waals surface area contributed by atoms with E-state index in [0.29, 0.717) is 31.8 Å². The molecule has 2 N–H and O–H groups in total. The van der Waals surface area contributed by atoms with Gasteiger partial charge in [0.15, 0.2) is 5.16 Å². The molecule has 122 valence electrons. The van der Waals surface area contributed by atoms with Gasteiger partial charge in [0.05, 0.1) is 22.3 Å². The maximum Gasteiger partial charge on any atom is 0.266 e. The Morgan fingerprint density at radius 1 is 1.12 bits per heavy atom. The van der Waals surface area contributed by atoms with Crippen molar-refractivity contribution in [3.05, 3.63) is 62.9 Å². The predicted molar refractivity (Wildman–Crippen MR) is 97.3 cm³/mol. The van der Waals surface area contributed by atoms with Gasteiger partial charge in [-0.15, -0.1) is 0 Å². The first-order chi connectivity index (χ1) is 11.5. The van der Waals surface area contributed by atoms with Gasteiger partial charge < -0.3 is 5.73 Å². The average molecular weight is 380 g/mol. The van der Waals surface area contributed by atoms with Crippen molar-refractivity contribution in [3.8, 4) is 5.69 Å². The molecular weight excluding hydrogens is 369 g/mol. The first-order valence-electron chi connectivity index (χ1n) is 6.85. The molecule has 3 aromatic rings. The summed E-state index contributed by atoms with van der Waals surface area (Å²) in [5.41, 5.74) is 6.01. The van der Waals surface area contributed by atoms with Crippen molar-refractivity contribution in [2.45, 2.75) is 5.16 Å². The number of carbonyl (C=O) groups is 1. The van der Waals surface area contributed by atoms with Crippen molar-refractivity contribution < 1.29 is 4.79 Å². The number of thioether (sulfide) groups is 1. The van der Waals surface area contributed by atoms with Gasteiger partial charge in [0.1, 0.15) is 0 Å². The van der Waals surface area contributed by atoms with Crippen LogP contribution in [-0.2, 0) is 4.79 Å². The fraction of sp³-hybridized carbons (Fsp3) is 0.0625. The van der Waals surface area contributed by atoms with Crippen molar-refractivity contribution in [2.24, 2.45) is 5.73 Å². The molecule has 1 heterocycles. The fourth-order valence-electron chi connectivity index (χ4n) is 2.19. The summed E-state index contributed by atoms with van der Waals surface area (Å²) in [6, 6.07) is 11.6. The lowest BCUT2D eigenvalue weighted by atomic mass is 10.2. The Balaban J connectivity index is 2.27.